The second kappa shape index (κ2) is 10.6. The molecule has 4 aromatic heterocycles. The van der Waals surface area contributed by atoms with Gasteiger partial charge in [-0.15, -0.1) is 0 Å². The van der Waals surface area contributed by atoms with Gasteiger partial charge in [-0.05, 0) is 59.7 Å². The highest BCUT2D eigenvalue weighted by molar-refractivity contribution is 5.93. The Balaban J connectivity index is 1.35. The average Bonchev–Trinajstić information content (AvgIpc) is 3.52. The molecule has 4 rings (SSSR count). The average molecular weight is 457 g/mol. The van der Waals surface area contributed by atoms with E-state index in [9.17, 15) is 9.59 Å². The van der Waals surface area contributed by atoms with E-state index in [4.69, 9.17) is 0 Å². The summed E-state index contributed by atoms with van der Waals surface area (Å²) in [5.74, 6) is -0.165. The highest BCUT2D eigenvalue weighted by Crippen LogP contribution is 2.12. The van der Waals surface area contributed by atoms with Gasteiger partial charge in [0.2, 0.25) is 0 Å². The monoisotopic (exact) mass is 456 g/mol. The van der Waals surface area contributed by atoms with Gasteiger partial charge in [0.05, 0.1) is 0 Å². The molecule has 4 heterocycles. The lowest BCUT2D eigenvalue weighted by atomic mass is 10.2. The molecule has 34 heavy (non-hydrogen) atoms. The molecule has 0 N–H and O–H groups in total. The van der Waals surface area contributed by atoms with Crippen molar-refractivity contribution in [1.82, 2.24) is 28.9 Å². The summed E-state index contributed by atoms with van der Waals surface area (Å²) in [5, 5.41) is 0. The number of hydrogen-bond acceptors (Lipinski definition) is 4. The van der Waals surface area contributed by atoms with E-state index in [0.717, 1.165) is 11.1 Å². The molecule has 0 unspecified atom stereocenters. The standard InChI is InChI=1S/C26H28N6O2/c1-29(25(33)23-5-3-15-31(23)19-21-7-11-27-12-8-21)17-18-30(2)26(34)24-6-4-16-32(24)20-22-9-13-28-14-10-22/h3-16H,17-20H2,1-2H3. The van der Waals surface area contributed by atoms with Crippen LogP contribution in [0.5, 0.6) is 0 Å². The van der Waals surface area contributed by atoms with E-state index in [-0.39, 0.29) is 11.8 Å². The maximum atomic E-state index is 13.1. The van der Waals surface area contributed by atoms with Crippen molar-refractivity contribution in [3.8, 4) is 0 Å². The Hall–Kier alpha value is -4.20. The smallest absolute Gasteiger partial charge is 0.270 e. The van der Waals surface area contributed by atoms with Gasteiger partial charge >= 0.3 is 0 Å². The van der Waals surface area contributed by atoms with E-state index in [2.05, 4.69) is 9.97 Å². The number of nitrogens with zero attached hydrogens (tertiary/aromatic N) is 6. The predicted octanol–water partition coefficient (Wildman–Crippen LogP) is 3.02. The summed E-state index contributed by atoms with van der Waals surface area (Å²) in [6, 6.07) is 15.1. The maximum absolute atomic E-state index is 13.1. The summed E-state index contributed by atoms with van der Waals surface area (Å²) in [4.78, 5) is 37.5. The maximum Gasteiger partial charge on any atom is 0.270 e. The minimum absolute atomic E-state index is 0.0824. The van der Waals surface area contributed by atoms with E-state index in [1.54, 1.807) is 48.7 Å². The molecule has 0 aliphatic rings. The first kappa shape index (κ1) is 23.0. The van der Waals surface area contributed by atoms with Crippen molar-refractivity contribution in [2.75, 3.05) is 27.2 Å². The van der Waals surface area contributed by atoms with Crippen LogP contribution in [0.25, 0.3) is 0 Å². The lowest BCUT2D eigenvalue weighted by Gasteiger charge is -2.23. The molecule has 0 saturated heterocycles. The third-order valence-corrected chi connectivity index (χ3v) is 5.77. The predicted molar refractivity (Wildman–Crippen MR) is 129 cm³/mol. The normalized spacial score (nSPS) is 10.8. The van der Waals surface area contributed by atoms with Crippen LogP contribution in [0.4, 0.5) is 0 Å². The van der Waals surface area contributed by atoms with Crippen LogP contribution in [0.3, 0.4) is 0 Å². The van der Waals surface area contributed by atoms with Crippen LogP contribution in [0.15, 0.2) is 85.7 Å². The summed E-state index contributed by atoms with van der Waals surface area (Å²) < 4.78 is 3.85. The molecule has 174 valence electrons. The fourth-order valence-corrected chi connectivity index (χ4v) is 3.76. The minimum Gasteiger partial charge on any atom is -0.339 e. The van der Waals surface area contributed by atoms with E-state index in [0.29, 0.717) is 37.6 Å². The number of amides is 2. The molecular weight excluding hydrogens is 428 g/mol. The summed E-state index contributed by atoms with van der Waals surface area (Å²) in [7, 11) is 3.52. The largest absolute Gasteiger partial charge is 0.339 e. The number of pyridine rings is 2. The number of hydrogen-bond donors (Lipinski definition) is 0. The van der Waals surface area contributed by atoms with Crippen molar-refractivity contribution in [1.29, 1.82) is 0 Å². The topological polar surface area (TPSA) is 76.3 Å². The van der Waals surface area contributed by atoms with Crippen LogP contribution in [-0.2, 0) is 13.1 Å². The molecular formula is C26H28N6O2. The van der Waals surface area contributed by atoms with Gasteiger partial charge in [0.15, 0.2) is 0 Å². The van der Waals surface area contributed by atoms with Crippen molar-refractivity contribution in [3.05, 3.63) is 108 Å². The van der Waals surface area contributed by atoms with Crippen LogP contribution in [0.1, 0.15) is 32.1 Å². The van der Waals surface area contributed by atoms with Gasteiger partial charge in [-0.25, -0.2) is 0 Å². The van der Waals surface area contributed by atoms with Gasteiger partial charge in [-0.2, -0.15) is 0 Å². The number of rotatable bonds is 9. The molecule has 0 saturated carbocycles. The first-order valence-corrected chi connectivity index (χ1v) is 11.1. The Morgan fingerprint density at radius 2 is 1.06 bits per heavy atom. The Labute approximate surface area is 199 Å². The van der Waals surface area contributed by atoms with Gasteiger partial charge in [-0.1, -0.05) is 0 Å². The Morgan fingerprint density at radius 1 is 0.676 bits per heavy atom. The van der Waals surface area contributed by atoms with E-state index in [1.165, 1.54) is 0 Å². The molecule has 8 nitrogen and oxygen atoms in total. The second-order valence-electron chi connectivity index (χ2n) is 8.21. The molecule has 0 aromatic carbocycles. The minimum atomic E-state index is -0.0824. The van der Waals surface area contributed by atoms with E-state index >= 15 is 0 Å². The number of carbonyl (C=O) groups excluding carboxylic acids is 2. The zero-order chi connectivity index (χ0) is 23.9. The van der Waals surface area contributed by atoms with Gasteiger partial charge in [0.25, 0.3) is 11.8 Å². The Morgan fingerprint density at radius 3 is 1.44 bits per heavy atom. The van der Waals surface area contributed by atoms with E-state index < -0.39 is 0 Å². The number of aromatic nitrogens is 4. The highest BCUT2D eigenvalue weighted by Gasteiger charge is 2.19. The number of carbonyl (C=O) groups is 2. The first-order valence-electron chi connectivity index (χ1n) is 11.1. The lowest BCUT2D eigenvalue weighted by Crippen LogP contribution is -2.38. The zero-order valence-electron chi connectivity index (χ0n) is 19.4. The Kier molecular flexibility index (Phi) is 7.17. The third-order valence-electron chi connectivity index (χ3n) is 5.77. The SMILES string of the molecule is CN(CCN(C)C(=O)c1cccn1Cc1ccncc1)C(=O)c1cccn1Cc1ccncc1. The van der Waals surface area contributed by atoms with Crippen LogP contribution in [-0.4, -0.2) is 67.9 Å². The second-order valence-corrected chi connectivity index (χ2v) is 8.21. The highest BCUT2D eigenvalue weighted by atomic mass is 16.2. The molecule has 0 fully saturated rings. The molecule has 0 bridgehead atoms. The Bertz CT molecular complexity index is 1130. The molecule has 0 radical (unpaired) electrons. The van der Waals surface area contributed by atoms with Gasteiger partial charge in [0.1, 0.15) is 11.4 Å². The first-order chi connectivity index (χ1) is 16.5. The van der Waals surface area contributed by atoms with Crippen molar-refractivity contribution in [2.45, 2.75) is 13.1 Å². The van der Waals surface area contributed by atoms with Gasteiger partial charge in [0, 0.05) is 77.5 Å². The fraction of sp³-hybridized carbons (Fsp3) is 0.231. The van der Waals surface area contributed by atoms with Gasteiger partial charge < -0.3 is 18.9 Å². The third kappa shape index (κ3) is 5.40. The van der Waals surface area contributed by atoms with Crippen LogP contribution in [0, 0.1) is 0 Å². The van der Waals surface area contributed by atoms with Crippen LogP contribution >= 0.6 is 0 Å². The molecule has 0 spiro atoms. The van der Waals surface area contributed by atoms with Crippen LogP contribution < -0.4 is 0 Å². The van der Waals surface area contributed by atoms with Crippen molar-refractivity contribution in [3.63, 3.8) is 0 Å². The molecule has 8 heteroatoms. The summed E-state index contributed by atoms with van der Waals surface area (Å²) in [6.45, 7) is 2.04. The molecule has 0 aliphatic heterocycles. The lowest BCUT2D eigenvalue weighted by molar-refractivity contribution is 0.0708. The van der Waals surface area contributed by atoms with Crippen molar-refractivity contribution in [2.24, 2.45) is 0 Å². The van der Waals surface area contributed by atoms with Gasteiger partial charge in [-0.3, -0.25) is 19.6 Å². The molecule has 2 amide bonds. The summed E-state index contributed by atoms with van der Waals surface area (Å²) in [5.41, 5.74) is 3.37. The van der Waals surface area contributed by atoms with Crippen LogP contribution in [0.2, 0.25) is 0 Å². The quantitative estimate of drug-likeness (QED) is 0.388. The molecule has 0 aliphatic carbocycles. The van der Waals surface area contributed by atoms with Crippen molar-refractivity contribution >= 4 is 11.8 Å². The number of likely N-dealkylation sites (N-methyl/N-ethyl adjacent to an activating group) is 2. The summed E-state index contributed by atoms with van der Waals surface area (Å²) in [6.07, 6.45) is 10.8. The summed E-state index contributed by atoms with van der Waals surface area (Å²) >= 11 is 0. The molecule has 4 aromatic rings. The van der Waals surface area contributed by atoms with Crippen molar-refractivity contribution < 1.29 is 9.59 Å². The van der Waals surface area contributed by atoms with E-state index in [1.807, 2.05) is 70.1 Å². The fourth-order valence-electron chi connectivity index (χ4n) is 3.76. The molecule has 0 atom stereocenters. The zero-order valence-corrected chi connectivity index (χ0v) is 19.4.